The molecule has 5 nitrogen and oxygen atoms in total. The molecular formula is C20H23N3O2. The summed E-state index contributed by atoms with van der Waals surface area (Å²) in [5.74, 6) is 0.706. The second-order valence-electron chi connectivity index (χ2n) is 5.92. The van der Waals surface area contributed by atoms with Crippen LogP contribution in [-0.2, 0) is 4.79 Å². The molecule has 0 heterocycles. The highest BCUT2D eigenvalue weighted by Crippen LogP contribution is 2.16. The summed E-state index contributed by atoms with van der Waals surface area (Å²) >= 11 is 0. The lowest BCUT2D eigenvalue weighted by atomic mass is 10.2. The van der Waals surface area contributed by atoms with Crippen molar-refractivity contribution in [1.29, 1.82) is 5.26 Å². The highest BCUT2D eigenvalue weighted by atomic mass is 16.5. The molecule has 1 atom stereocenters. The van der Waals surface area contributed by atoms with E-state index in [-0.39, 0.29) is 11.9 Å². The molecule has 1 unspecified atom stereocenters. The van der Waals surface area contributed by atoms with Gasteiger partial charge in [-0.05, 0) is 44.7 Å². The fraction of sp³-hybridized carbons (Fsp3) is 0.300. The van der Waals surface area contributed by atoms with Gasteiger partial charge in [-0.3, -0.25) is 9.69 Å². The van der Waals surface area contributed by atoms with E-state index < -0.39 is 0 Å². The van der Waals surface area contributed by atoms with Crippen molar-refractivity contribution in [3.05, 3.63) is 59.7 Å². The predicted molar refractivity (Wildman–Crippen MR) is 98.6 cm³/mol. The van der Waals surface area contributed by atoms with Gasteiger partial charge in [0.05, 0.1) is 17.3 Å². The Hall–Kier alpha value is -2.84. The number of amides is 1. The molecule has 0 saturated carbocycles. The van der Waals surface area contributed by atoms with E-state index >= 15 is 0 Å². The minimum absolute atomic E-state index is 0.152. The van der Waals surface area contributed by atoms with Crippen LogP contribution in [-0.4, -0.2) is 37.0 Å². The molecule has 0 saturated heterocycles. The third kappa shape index (κ3) is 5.07. The molecule has 5 heteroatoms. The molecule has 0 bridgehead atoms. The van der Waals surface area contributed by atoms with Crippen molar-refractivity contribution in [3.63, 3.8) is 0 Å². The molecule has 130 valence electrons. The van der Waals surface area contributed by atoms with E-state index in [0.29, 0.717) is 24.4 Å². The summed E-state index contributed by atoms with van der Waals surface area (Å²) in [6.07, 6.45) is 0. The fourth-order valence-corrected chi connectivity index (χ4v) is 2.34. The average Bonchev–Trinajstić information content (AvgIpc) is 2.63. The predicted octanol–water partition coefficient (Wildman–Crippen LogP) is 3.20. The molecule has 25 heavy (non-hydrogen) atoms. The number of aryl methyl sites for hydroxylation is 1. The normalized spacial score (nSPS) is 11.6. The fourth-order valence-electron chi connectivity index (χ4n) is 2.34. The summed E-state index contributed by atoms with van der Waals surface area (Å²) in [5, 5.41) is 11.9. The van der Waals surface area contributed by atoms with Crippen LogP contribution in [0.25, 0.3) is 0 Å². The van der Waals surface area contributed by atoms with Gasteiger partial charge in [0.25, 0.3) is 0 Å². The minimum Gasteiger partial charge on any atom is -0.492 e. The molecule has 0 radical (unpaired) electrons. The van der Waals surface area contributed by atoms with Gasteiger partial charge in [-0.2, -0.15) is 5.26 Å². The molecule has 2 rings (SSSR count). The number of ether oxygens (including phenoxy) is 1. The molecule has 2 aromatic rings. The number of para-hydroxylation sites is 2. The van der Waals surface area contributed by atoms with Gasteiger partial charge in [-0.25, -0.2) is 0 Å². The van der Waals surface area contributed by atoms with Crippen molar-refractivity contribution < 1.29 is 9.53 Å². The summed E-state index contributed by atoms with van der Waals surface area (Å²) in [7, 11) is 1.88. The van der Waals surface area contributed by atoms with Crippen molar-refractivity contribution in [2.24, 2.45) is 0 Å². The van der Waals surface area contributed by atoms with Crippen molar-refractivity contribution >= 4 is 11.6 Å². The lowest BCUT2D eigenvalue weighted by Gasteiger charge is -2.24. The molecule has 0 aliphatic heterocycles. The third-order valence-corrected chi connectivity index (χ3v) is 4.14. The van der Waals surface area contributed by atoms with Gasteiger partial charge in [0.15, 0.2) is 0 Å². The SMILES string of the molecule is Cc1ccccc1OCCN(C)C(C)C(=O)Nc1ccccc1C#N. The molecular weight excluding hydrogens is 314 g/mol. The molecule has 1 N–H and O–H groups in total. The third-order valence-electron chi connectivity index (χ3n) is 4.14. The number of carbonyl (C=O) groups excluding carboxylic acids is 1. The van der Waals surface area contributed by atoms with Crippen molar-refractivity contribution in [2.75, 3.05) is 25.5 Å². The molecule has 0 aliphatic carbocycles. The Morgan fingerprint density at radius 1 is 1.24 bits per heavy atom. The van der Waals surface area contributed by atoms with Gasteiger partial charge < -0.3 is 10.1 Å². The Kier molecular flexibility index (Phi) is 6.55. The second kappa shape index (κ2) is 8.86. The van der Waals surface area contributed by atoms with E-state index in [1.165, 1.54) is 0 Å². The Labute approximate surface area is 148 Å². The average molecular weight is 337 g/mol. The number of likely N-dealkylation sites (N-methyl/N-ethyl adjacent to an activating group) is 1. The van der Waals surface area contributed by atoms with Crippen LogP contribution in [0.2, 0.25) is 0 Å². The maximum absolute atomic E-state index is 12.4. The first-order valence-corrected chi connectivity index (χ1v) is 8.21. The second-order valence-corrected chi connectivity index (χ2v) is 5.92. The van der Waals surface area contributed by atoms with Crippen molar-refractivity contribution in [3.8, 4) is 11.8 Å². The number of anilines is 1. The number of nitrogens with zero attached hydrogens (tertiary/aromatic N) is 2. The molecule has 2 aromatic carbocycles. The lowest BCUT2D eigenvalue weighted by Crippen LogP contribution is -2.41. The van der Waals surface area contributed by atoms with Crippen LogP contribution in [0.15, 0.2) is 48.5 Å². The van der Waals surface area contributed by atoms with E-state index in [1.807, 2.05) is 50.1 Å². The molecule has 1 amide bonds. The van der Waals surface area contributed by atoms with Gasteiger partial charge in [0.2, 0.25) is 5.91 Å². The van der Waals surface area contributed by atoms with Crippen LogP contribution in [0.3, 0.4) is 0 Å². The topological polar surface area (TPSA) is 65.4 Å². The minimum atomic E-state index is -0.341. The summed E-state index contributed by atoms with van der Waals surface area (Å²) < 4.78 is 5.78. The first-order valence-electron chi connectivity index (χ1n) is 8.21. The van der Waals surface area contributed by atoms with Crippen LogP contribution < -0.4 is 10.1 Å². The number of nitrogens with one attached hydrogen (secondary N) is 1. The van der Waals surface area contributed by atoms with Crippen LogP contribution >= 0.6 is 0 Å². The van der Waals surface area contributed by atoms with E-state index in [9.17, 15) is 4.79 Å². The monoisotopic (exact) mass is 337 g/mol. The maximum atomic E-state index is 12.4. The molecule has 0 spiro atoms. The molecule has 0 fully saturated rings. The Morgan fingerprint density at radius 3 is 2.64 bits per heavy atom. The van der Waals surface area contributed by atoms with Gasteiger partial charge in [0, 0.05) is 6.54 Å². The zero-order chi connectivity index (χ0) is 18.2. The number of nitriles is 1. The highest BCUT2D eigenvalue weighted by Gasteiger charge is 2.19. The lowest BCUT2D eigenvalue weighted by molar-refractivity contribution is -0.120. The zero-order valence-electron chi connectivity index (χ0n) is 14.8. The van der Waals surface area contributed by atoms with Gasteiger partial charge in [-0.15, -0.1) is 0 Å². The largest absolute Gasteiger partial charge is 0.492 e. The number of hydrogen-bond acceptors (Lipinski definition) is 4. The maximum Gasteiger partial charge on any atom is 0.241 e. The van der Waals surface area contributed by atoms with Crippen LogP contribution in [0.4, 0.5) is 5.69 Å². The standard InChI is InChI=1S/C20H23N3O2/c1-15-8-4-7-11-19(15)25-13-12-23(3)16(2)20(24)22-18-10-6-5-9-17(18)14-21/h4-11,16H,12-13H2,1-3H3,(H,22,24). The first-order chi connectivity index (χ1) is 12.0. The Balaban J connectivity index is 1.86. The van der Waals surface area contributed by atoms with Gasteiger partial charge in [0.1, 0.15) is 18.4 Å². The zero-order valence-corrected chi connectivity index (χ0v) is 14.8. The molecule has 0 aromatic heterocycles. The van der Waals surface area contributed by atoms with Crippen molar-refractivity contribution in [1.82, 2.24) is 4.90 Å². The Bertz CT molecular complexity index is 768. The number of rotatable bonds is 7. The van der Waals surface area contributed by atoms with Crippen LogP contribution in [0.1, 0.15) is 18.1 Å². The van der Waals surface area contributed by atoms with E-state index in [1.54, 1.807) is 24.3 Å². The smallest absolute Gasteiger partial charge is 0.241 e. The van der Waals surface area contributed by atoms with Crippen molar-refractivity contribution in [2.45, 2.75) is 19.9 Å². The summed E-state index contributed by atoms with van der Waals surface area (Å²) in [4.78, 5) is 14.3. The van der Waals surface area contributed by atoms with E-state index in [2.05, 4.69) is 11.4 Å². The molecule has 0 aliphatic rings. The number of carbonyl (C=O) groups is 1. The van der Waals surface area contributed by atoms with E-state index in [0.717, 1.165) is 11.3 Å². The number of benzene rings is 2. The van der Waals surface area contributed by atoms with Crippen LogP contribution in [0, 0.1) is 18.3 Å². The summed E-state index contributed by atoms with van der Waals surface area (Å²) in [5.41, 5.74) is 2.07. The first kappa shape index (κ1) is 18.5. The summed E-state index contributed by atoms with van der Waals surface area (Å²) in [6, 6.07) is 16.6. The van der Waals surface area contributed by atoms with Gasteiger partial charge >= 0.3 is 0 Å². The summed E-state index contributed by atoms with van der Waals surface area (Å²) in [6.45, 7) is 4.94. The highest BCUT2D eigenvalue weighted by molar-refractivity contribution is 5.95. The quantitative estimate of drug-likeness (QED) is 0.842. The Morgan fingerprint density at radius 2 is 1.92 bits per heavy atom. The van der Waals surface area contributed by atoms with Crippen LogP contribution in [0.5, 0.6) is 5.75 Å². The van der Waals surface area contributed by atoms with E-state index in [4.69, 9.17) is 10.00 Å². The number of hydrogen-bond donors (Lipinski definition) is 1. The van der Waals surface area contributed by atoms with Gasteiger partial charge in [-0.1, -0.05) is 30.3 Å².